The smallest absolute Gasteiger partial charge is 0.416 e. The van der Waals surface area contributed by atoms with Crippen molar-refractivity contribution in [3.8, 4) is 5.75 Å². The van der Waals surface area contributed by atoms with Crippen LogP contribution in [0.5, 0.6) is 5.75 Å². The number of halogens is 4. The lowest BCUT2D eigenvalue weighted by atomic mass is 9.82. The van der Waals surface area contributed by atoms with Gasteiger partial charge < -0.3 is 20.2 Å². The quantitative estimate of drug-likeness (QED) is 0.449. The minimum Gasteiger partial charge on any atom is -0.484 e. The third-order valence-corrected chi connectivity index (χ3v) is 5.93. The fraction of sp³-hybridized carbons (Fsp3) is 0.333. The molecule has 2 aliphatic rings. The van der Waals surface area contributed by atoms with E-state index in [2.05, 4.69) is 10.5 Å². The molecule has 1 saturated heterocycles. The Morgan fingerprint density at radius 2 is 1.84 bits per heavy atom. The van der Waals surface area contributed by atoms with E-state index >= 15 is 0 Å². The van der Waals surface area contributed by atoms with Gasteiger partial charge in [0.1, 0.15) is 11.4 Å². The molecule has 2 aliphatic heterocycles. The molecule has 0 aliphatic carbocycles. The number of urea groups is 1. The summed E-state index contributed by atoms with van der Waals surface area (Å²) in [5, 5.41) is 15.9. The Kier molecular flexibility index (Phi) is 5.47. The number of rotatable bonds is 1. The van der Waals surface area contributed by atoms with Crippen LogP contribution in [0.1, 0.15) is 30.4 Å². The second-order valence-corrected chi connectivity index (χ2v) is 8.02. The molecule has 10 heteroatoms. The third kappa shape index (κ3) is 4.27. The van der Waals surface area contributed by atoms with E-state index < -0.39 is 23.4 Å². The highest BCUT2D eigenvalue weighted by molar-refractivity contribution is 6.33. The first kappa shape index (κ1) is 21.3. The Hall–Kier alpha value is -2.94. The Morgan fingerprint density at radius 1 is 1.16 bits per heavy atom. The van der Waals surface area contributed by atoms with Gasteiger partial charge in [-0.15, -0.1) is 0 Å². The minimum absolute atomic E-state index is 0.280. The molecular formula is C21H19ClF3N3O3. The van der Waals surface area contributed by atoms with Gasteiger partial charge in [0.15, 0.2) is 0 Å². The number of amides is 2. The molecule has 0 unspecified atom stereocenters. The van der Waals surface area contributed by atoms with Crippen LogP contribution in [0.4, 0.5) is 23.7 Å². The zero-order valence-corrected chi connectivity index (χ0v) is 17.0. The largest absolute Gasteiger partial charge is 0.484 e. The third-order valence-electron chi connectivity index (χ3n) is 5.63. The van der Waals surface area contributed by atoms with Gasteiger partial charge in [-0.05, 0) is 36.4 Å². The molecule has 4 rings (SSSR count). The first-order chi connectivity index (χ1) is 14.7. The number of piperidine rings is 1. The number of fused-ring (bicyclic) bond motifs is 1. The molecule has 6 nitrogen and oxygen atoms in total. The maximum Gasteiger partial charge on any atom is 0.416 e. The maximum absolute atomic E-state index is 12.7. The molecule has 164 valence electrons. The molecular weight excluding hydrogens is 435 g/mol. The summed E-state index contributed by atoms with van der Waals surface area (Å²) >= 11 is 6.27. The molecule has 2 heterocycles. The highest BCUT2D eigenvalue weighted by Gasteiger charge is 2.43. The van der Waals surface area contributed by atoms with E-state index in [0.29, 0.717) is 54.4 Å². The Labute approximate surface area is 181 Å². The Balaban J connectivity index is 1.42. The maximum atomic E-state index is 12.7. The van der Waals surface area contributed by atoms with E-state index in [4.69, 9.17) is 16.3 Å². The molecule has 2 aromatic carbocycles. The van der Waals surface area contributed by atoms with Crippen LogP contribution in [-0.2, 0) is 6.18 Å². The van der Waals surface area contributed by atoms with Crippen molar-refractivity contribution in [2.24, 2.45) is 5.16 Å². The number of para-hydroxylation sites is 1. The van der Waals surface area contributed by atoms with E-state index in [1.54, 1.807) is 23.1 Å². The second kappa shape index (κ2) is 7.96. The van der Waals surface area contributed by atoms with Gasteiger partial charge in [-0.25, -0.2) is 4.79 Å². The number of oxime groups is 1. The summed E-state index contributed by atoms with van der Waals surface area (Å²) in [5.41, 5.74) is -0.0256. The number of alkyl halides is 3. The first-order valence-electron chi connectivity index (χ1n) is 9.63. The molecule has 2 N–H and O–H groups in total. The predicted octanol–water partition coefficient (Wildman–Crippen LogP) is 5.39. The number of nitrogens with one attached hydrogen (secondary N) is 1. The van der Waals surface area contributed by atoms with Gasteiger partial charge in [0.2, 0.25) is 0 Å². The minimum atomic E-state index is -4.43. The number of carbonyl (C=O) groups excluding carboxylic acids is 1. The zero-order chi connectivity index (χ0) is 22.2. The fourth-order valence-corrected chi connectivity index (χ4v) is 4.14. The Morgan fingerprint density at radius 3 is 2.45 bits per heavy atom. The molecule has 0 aromatic heterocycles. The SMILES string of the molecule is O=C(Nc1ccc(C(F)(F)F)cc1)N1CCC2(CC1)C/C(=N/O)c1cccc(Cl)c1O2. The van der Waals surface area contributed by atoms with Crippen molar-refractivity contribution in [3.63, 3.8) is 0 Å². The van der Waals surface area contributed by atoms with E-state index in [-0.39, 0.29) is 5.69 Å². The molecule has 2 aromatic rings. The summed E-state index contributed by atoms with van der Waals surface area (Å²) in [6.45, 7) is 0.732. The van der Waals surface area contributed by atoms with E-state index in [0.717, 1.165) is 12.1 Å². The summed E-state index contributed by atoms with van der Waals surface area (Å²) in [4.78, 5) is 14.1. The van der Waals surface area contributed by atoms with Crippen molar-refractivity contribution in [1.29, 1.82) is 0 Å². The average Bonchev–Trinajstić information content (AvgIpc) is 2.74. The van der Waals surface area contributed by atoms with Crippen LogP contribution in [0.2, 0.25) is 5.02 Å². The van der Waals surface area contributed by atoms with Crippen LogP contribution in [0.15, 0.2) is 47.6 Å². The zero-order valence-electron chi connectivity index (χ0n) is 16.2. The van der Waals surface area contributed by atoms with Gasteiger partial charge in [-0.3, -0.25) is 0 Å². The van der Waals surface area contributed by atoms with Crippen LogP contribution in [0.25, 0.3) is 0 Å². The summed E-state index contributed by atoms with van der Waals surface area (Å²) in [7, 11) is 0. The molecule has 0 atom stereocenters. The normalized spacial score (nSPS) is 19.1. The van der Waals surface area contributed by atoms with Crippen molar-refractivity contribution >= 4 is 29.0 Å². The van der Waals surface area contributed by atoms with Gasteiger partial charge in [-0.1, -0.05) is 22.8 Å². The van der Waals surface area contributed by atoms with Crippen LogP contribution in [-0.4, -0.2) is 40.5 Å². The predicted molar refractivity (Wildman–Crippen MR) is 109 cm³/mol. The molecule has 0 radical (unpaired) electrons. The van der Waals surface area contributed by atoms with Crippen LogP contribution < -0.4 is 10.1 Å². The van der Waals surface area contributed by atoms with Gasteiger partial charge in [0.25, 0.3) is 0 Å². The lowest BCUT2D eigenvalue weighted by Crippen LogP contribution is -2.53. The monoisotopic (exact) mass is 453 g/mol. The molecule has 1 spiro atoms. The lowest BCUT2D eigenvalue weighted by Gasteiger charge is -2.44. The molecule has 31 heavy (non-hydrogen) atoms. The van der Waals surface area contributed by atoms with Gasteiger partial charge in [-0.2, -0.15) is 13.2 Å². The molecule has 0 bridgehead atoms. The number of ether oxygens (including phenoxy) is 1. The van der Waals surface area contributed by atoms with Crippen LogP contribution in [0, 0.1) is 0 Å². The van der Waals surface area contributed by atoms with E-state index in [1.165, 1.54) is 12.1 Å². The fourth-order valence-electron chi connectivity index (χ4n) is 3.92. The van der Waals surface area contributed by atoms with Crippen molar-refractivity contribution in [1.82, 2.24) is 4.90 Å². The number of hydrogen-bond acceptors (Lipinski definition) is 4. The molecule has 2 amide bonds. The van der Waals surface area contributed by atoms with Gasteiger partial charge in [0, 0.05) is 43.6 Å². The van der Waals surface area contributed by atoms with Crippen molar-refractivity contribution in [2.75, 3.05) is 18.4 Å². The second-order valence-electron chi connectivity index (χ2n) is 7.62. The van der Waals surface area contributed by atoms with Crippen molar-refractivity contribution in [3.05, 3.63) is 58.6 Å². The van der Waals surface area contributed by atoms with Gasteiger partial charge in [0.05, 0.1) is 16.3 Å². The van der Waals surface area contributed by atoms with Crippen molar-refractivity contribution < 1.29 is 27.9 Å². The summed E-state index contributed by atoms with van der Waals surface area (Å²) in [6, 6.07) is 9.11. The number of hydrogen-bond donors (Lipinski definition) is 2. The van der Waals surface area contributed by atoms with E-state index in [9.17, 15) is 23.2 Å². The van der Waals surface area contributed by atoms with E-state index in [1.807, 2.05) is 0 Å². The number of anilines is 1. The number of nitrogens with zero attached hydrogens (tertiary/aromatic N) is 2. The number of carbonyl (C=O) groups is 1. The molecule has 0 saturated carbocycles. The molecule has 1 fully saturated rings. The highest BCUT2D eigenvalue weighted by atomic mass is 35.5. The summed E-state index contributed by atoms with van der Waals surface area (Å²) in [6.07, 6.45) is -3.08. The lowest BCUT2D eigenvalue weighted by molar-refractivity contribution is -0.137. The highest BCUT2D eigenvalue weighted by Crippen LogP contribution is 2.43. The average molecular weight is 454 g/mol. The first-order valence-corrected chi connectivity index (χ1v) is 10.0. The topological polar surface area (TPSA) is 74.2 Å². The summed E-state index contributed by atoms with van der Waals surface area (Å²) in [5.74, 6) is 0.464. The van der Waals surface area contributed by atoms with Crippen LogP contribution in [0.3, 0.4) is 0 Å². The van der Waals surface area contributed by atoms with Gasteiger partial charge >= 0.3 is 12.2 Å². The summed E-state index contributed by atoms with van der Waals surface area (Å²) < 4.78 is 44.3. The van der Waals surface area contributed by atoms with Crippen molar-refractivity contribution in [2.45, 2.75) is 31.0 Å². The number of benzene rings is 2. The number of likely N-dealkylation sites (tertiary alicyclic amines) is 1. The Bertz CT molecular complexity index is 1020. The standard InChI is InChI=1S/C21H19ClF3N3O3/c22-16-3-1-2-15-17(27-30)12-20(31-18(15)16)8-10-28(11-9-20)19(29)26-14-6-4-13(5-7-14)21(23,24)25/h1-7,30H,8-12H2,(H,26,29)/b27-17-. The van der Waals surface area contributed by atoms with Crippen LogP contribution >= 0.6 is 11.6 Å².